The second kappa shape index (κ2) is 4.60. The van der Waals surface area contributed by atoms with E-state index in [1.54, 1.807) is 25.7 Å². The highest BCUT2D eigenvalue weighted by Crippen LogP contribution is 2.29. The van der Waals surface area contributed by atoms with Gasteiger partial charge in [0.05, 0.1) is 30.7 Å². The zero-order valence-corrected chi connectivity index (χ0v) is 9.57. The SMILES string of the molecule is COc1cc(C(N)c2ccoc2)ccc1Cl. The van der Waals surface area contributed by atoms with Crippen molar-refractivity contribution in [1.29, 1.82) is 0 Å². The van der Waals surface area contributed by atoms with Crippen molar-refractivity contribution in [3.8, 4) is 5.75 Å². The van der Waals surface area contributed by atoms with E-state index >= 15 is 0 Å². The minimum atomic E-state index is -0.232. The molecule has 0 aliphatic heterocycles. The van der Waals surface area contributed by atoms with Crippen molar-refractivity contribution in [1.82, 2.24) is 0 Å². The summed E-state index contributed by atoms with van der Waals surface area (Å²) in [4.78, 5) is 0. The predicted molar refractivity (Wildman–Crippen MR) is 62.7 cm³/mol. The van der Waals surface area contributed by atoms with Gasteiger partial charge in [0.25, 0.3) is 0 Å². The molecule has 0 saturated carbocycles. The molecule has 84 valence electrons. The fraction of sp³-hybridized carbons (Fsp3) is 0.167. The predicted octanol–water partition coefficient (Wildman–Crippen LogP) is 2.99. The lowest BCUT2D eigenvalue weighted by molar-refractivity contribution is 0.414. The van der Waals surface area contributed by atoms with Crippen LogP contribution in [-0.2, 0) is 0 Å². The first kappa shape index (κ1) is 11.0. The van der Waals surface area contributed by atoms with Crippen LogP contribution >= 0.6 is 11.6 Å². The van der Waals surface area contributed by atoms with Crippen LogP contribution in [0.25, 0.3) is 0 Å². The standard InChI is InChI=1S/C12H12ClNO2/c1-15-11-6-8(2-3-10(11)13)12(14)9-4-5-16-7-9/h2-7,12H,14H2,1H3. The summed E-state index contributed by atoms with van der Waals surface area (Å²) < 4.78 is 10.1. The highest BCUT2D eigenvalue weighted by atomic mass is 35.5. The van der Waals surface area contributed by atoms with E-state index in [-0.39, 0.29) is 6.04 Å². The van der Waals surface area contributed by atoms with Crippen molar-refractivity contribution < 1.29 is 9.15 Å². The summed E-state index contributed by atoms with van der Waals surface area (Å²) in [5.41, 5.74) is 7.93. The Hall–Kier alpha value is -1.45. The van der Waals surface area contributed by atoms with E-state index in [9.17, 15) is 0 Å². The Morgan fingerprint density at radius 2 is 2.12 bits per heavy atom. The van der Waals surface area contributed by atoms with Crippen LogP contribution in [0.4, 0.5) is 0 Å². The average molecular weight is 238 g/mol. The molecule has 0 fully saturated rings. The summed E-state index contributed by atoms with van der Waals surface area (Å²) in [6, 6.07) is 7.09. The Balaban J connectivity index is 2.34. The van der Waals surface area contributed by atoms with Gasteiger partial charge in [-0.3, -0.25) is 0 Å². The third-order valence-corrected chi connectivity index (χ3v) is 2.75. The van der Waals surface area contributed by atoms with Gasteiger partial charge in [-0.05, 0) is 23.8 Å². The van der Waals surface area contributed by atoms with Gasteiger partial charge in [-0.25, -0.2) is 0 Å². The second-order valence-electron chi connectivity index (χ2n) is 3.43. The normalized spacial score (nSPS) is 12.4. The Morgan fingerprint density at radius 3 is 2.75 bits per heavy atom. The van der Waals surface area contributed by atoms with Crippen LogP contribution < -0.4 is 10.5 Å². The first-order valence-corrected chi connectivity index (χ1v) is 5.21. The number of benzene rings is 1. The molecule has 1 atom stereocenters. The van der Waals surface area contributed by atoms with Crippen LogP contribution in [0.15, 0.2) is 41.2 Å². The van der Waals surface area contributed by atoms with E-state index in [1.807, 2.05) is 18.2 Å². The lowest BCUT2D eigenvalue weighted by Gasteiger charge is -2.12. The first-order valence-electron chi connectivity index (χ1n) is 4.83. The van der Waals surface area contributed by atoms with Crippen molar-refractivity contribution in [2.45, 2.75) is 6.04 Å². The van der Waals surface area contributed by atoms with Gasteiger partial charge in [-0.15, -0.1) is 0 Å². The number of rotatable bonds is 3. The van der Waals surface area contributed by atoms with Crippen LogP contribution in [0, 0.1) is 0 Å². The Morgan fingerprint density at radius 1 is 1.31 bits per heavy atom. The van der Waals surface area contributed by atoms with Gasteiger partial charge in [-0.2, -0.15) is 0 Å². The van der Waals surface area contributed by atoms with Gasteiger partial charge in [0.15, 0.2) is 0 Å². The van der Waals surface area contributed by atoms with Crippen molar-refractivity contribution in [2.24, 2.45) is 5.73 Å². The lowest BCUT2D eigenvalue weighted by Crippen LogP contribution is -2.10. The molecule has 0 spiro atoms. The molecule has 1 heterocycles. The quantitative estimate of drug-likeness (QED) is 0.893. The Labute approximate surface area is 98.8 Å². The molecule has 2 rings (SSSR count). The van der Waals surface area contributed by atoms with Crippen LogP contribution in [0.2, 0.25) is 5.02 Å². The highest BCUT2D eigenvalue weighted by molar-refractivity contribution is 6.32. The molecule has 3 nitrogen and oxygen atoms in total. The molecule has 16 heavy (non-hydrogen) atoms. The number of nitrogens with two attached hydrogens (primary N) is 1. The number of hydrogen-bond donors (Lipinski definition) is 1. The average Bonchev–Trinajstić information content (AvgIpc) is 2.82. The molecule has 0 radical (unpaired) electrons. The number of ether oxygens (including phenoxy) is 1. The monoisotopic (exact) mass is 237 g/mol. The summed E-state index contributed by atoms with van der Waals surface area (Å²) in [7, 11) is 1.58. The lowest BCUT2D eigenvalue weighted by atomic mass is 10.0. The number of hydrogen-bond acceptors (Lipinski definition) is 3. The third kappa shape index (κ3) is 2.05. The van der Waals surface area contributed by atoms with Gasteiger partial charge in [0.1, 0.15) is 5.75 Å². The summed E-state index contributed by atoms with van der Waals surface area (Å²) in [6.07, 6.45) is 3.23. The Bertz CT molecular complexity index is 468. The zero-order valence-electron chi connectivity index (χ0n) is 8.81. The van der Waals surface area contributed by atoms with E-state index in [0.717, 1.165) is 11.1 Å². The maximum Gasteiger partial charge on any atom is 0.137 e. The summed E-state index contributed by atoms with van der Waals surface area (Å²) in [5, 5.41) is 0.575. The van der Waals surface area contributed by atoms with Crippen molar-refractivity contribution in [3.63, 3.8) is 0 Å². The van der Waals surface area contributed by atoms with Crippen molar-refractivity contribution >= 4 is 11.6 Å². The van der Waals surface area contributed by atoms with E-state index in [0.29, 0.717) is 10.8 Å². The molecule has 2 aromatic rings. The fourth-order valence-corrected chi connectivity index (χ4v) is 1.71. The molecule has 4 heteroatoms. The molecular formula is C12H12ClNO2. The van der Waals surface area contributed by atoms with Gasteiger partial charge >= 0.3 is 0 Å². The molecule has 1 aromatic heterocycles. The summed E-state index contributed by atoms with van der Waals surface area (Å²) >= 11 is 5.94. The number of methoxy groups -OCH3 is 1. The zero-order chi connectivity index (χ0) is 11.5. The van der Waals surface area contributed by atoms with Gasteiger partial charge < -0.3 is 14.9 Å². The van der Waals surface area contributed by atoms with Crippen LogP contribution in [0.1, 0.15) is 17.2 Å². The van der Waals surface area contributed by atoms with Crippen LogP contribution in [-0.4, -0.2) is 7.11 Å². The second-order valence-corrected chi connectivity index (χ2v) is 3.84. The first-order chi connectivity index (χ1) is 7.72. The molecule has 1 unspecified atom stereocenters. The van der Waals surface area contributed by atoms with Crippen LogP contribution in [0.3, 0.4) is 0 Å². The number of furan rings is 1. The third-order valence-electron chi connectivity index (χ3n) is 2.44. The molecule has 0 aliphatic carbocycles. The van der Waals surface area contributed by atoms with Crippen molar-refractivity contribution in [3.05, 3.63) is 52.9 Å². The van der Waals surface area contributed by atoms with Gasteiger partial charge in [0, 0.05) is 5.56 Å². The topological polar surface area (TPSA) is 48.4 Å². The molecular weight excluding hydrogens is 226 g/mol. The van der Waals surface area contributed by atoms with E-state index < -0.39 is 0 Å². The molecule has 0 saturated heterocycles. The van der Waals surface area contributed by atoms with Gasteiger partial charge in [0.2, 0.25) is 0 Å². The van der Waals surface area contributed by atoms with E-state index in [4.69, 9.17) is 26.5 Å². The highest BCUT2D eigenvalue weighted by Gasteiger charge is 2.12. The van der Waals surface area contributed by atoms with Crippen LogP contribution in [0.5, 0.6) is 5.75 Å². The van der Waals surface area contributed by atoms with Gasteiger partial charge in [-0.1, -0.05) is 17.7 Å². The summed E-state index contributed by atoms with van der Waals surface area (Å²) in [6.45, 7) is 0. The maximum absolute atomic E-state index is 6.08. The summed E-state index contributed by atoms with van der Waals surface area (Å²) in [5.74, 6) is 0.623. The van der Waals surface area contributed by atoms with Crippen molar-refractivity contribution in [2.75, 3.05) is 7.11 Å². The minimum absolute atomic E-state index is 0.232. The molecule has 1 aromatic carbocycles. The molecule has 0 amide bonds. The van der Waals surface area contributed by atoms with E-state index in [1.165, 1.54) is 0 Å². The fourth-order valence-electron chi connectivity index (χ4n) is 1.51. The smallest absolute Gasteiger partial charge is 0.137 e. The number of halogens is 1. The molecule has 0 aliphatic rings. The molecule has 2 N–H and O–H groups in total. The maximum atomic E-state index is 6.08. The molecule has 0 bridgehead atoms. The Kier molecular flexibility index (Phi) is 3.17. The largest absolute Gasteiger partial charge is 0.495 e. The minimum Gasteiger partial charge on any atom is -0.495 e. The van der Waals surface area contributed by atoms with E-state index in [2.05, 4.69) is 0 Å².